The van der Waals surface area contributed by atoms with Crippen LogP contribution < -0.4 is 16.0 Å². The molecule has 204 valence electrons. The van der Waals surface area contributed by atoms with Crippen LogP contribution in [0.1, 0.15) is 41.0 Å². The molecule has 0 atom stereocenters. The summed E-state index contributed by atoms with van der Waals surface area (Å²) in [5.74, 6) is 0.490. The van der Waals surface area contributed by atoms with Gasteiger partial charge in [-0.25, -0.2) is 9.97 Å². The number of benzene rings is 1. The second-order valence-electron chi connectivity index (χ2n) is 10.6. The number of morpholine rings is 1. The molecule has 3 aliphatic rings. The molecule has 10 nitrogen and oxygen atoms in total. The lowest BCUT2D eigenvalue weighted by molar-refractivity contribution is 0.0285. The number of pyridine rings is 1. The first-order valence-electron chi connectivity index (χ1n) is 13.7. The molecular weight excluding hydrogens is 494 g/mol. The second-order valence-corrected chi connectivity index (χ2v) is 10.6. The maximum Gasteiger partial charge on any atom is 0.271 e. The fraction of sp³-hybridized carbons (Fsp3) is 0.448. The standard InChI is InChI=1S/C29H35N7O3/c1-20-18-22(6-10-31-20)24-28(36-11-7-29(36)8-14-38-15-9-29)34-27(25(33-24)26(30)37)32-23-4-2-21(3-5-23)19-35-12-16-39-17-13-35/h2-6,10,18H,7-9,11-17,19H2,1H3,(H2,30,37)(H,32,34). The molecule has 3 aromatic rings. The van der Waals surface area contributed by atoms with Gasteiger partial charge in [-0.05, 0) is 56.0 Å². The summed E-state index contributed by atoms with van der Waals surface area (Å²) in [5, 5.41) is 3.34. The summed E-state index contributed by atoms with van der Waals surface area (Å²) in [7, 11) is 0. The van der Waals surface area contributed by atoms with Crippen molar-refractivity contribution in [3.8, 4) is 11.3 Å². The minimum Gasteiger partial charge on any atom is -0.381 e. The van der Waals surface area contributed by atoms with Crippen molar-refractivity contribution in [3.63, 3.8) is 0 Å². The average molecular weight is 530 g/mol. The van der Waals surface area contributed by atoms with Crippen LogP contribution in [-0.4, -0.2) is 77.4 Å². The second kappa shape index (κ2) is 10.9. The van der Waals surface area contributed by atoms with Gasteiger partial charge in [0.25, 0.3) is 5.91 Å². The zero-order valence-corrected chi connectivity index (χ0v) is 22.4. The number of anilines is 3. The molecule has 3 N–H and O–H groups in total. The van der Waals surface area contributed by atoms with Gasteiger partial charge in [0.15, 0.2) is 17.3 Å². The van der Waals surface area contributed by atoms with Crippen molar-refractivity contribution in [3.05, 3.63) is 59.5 Å². The van der Waals surface area contributed by atoms with E-state index in [1.165, 1.54) is 5.56 Å². The van der Waals surface area contributed by atoms with Crippen LogP contribution >= 0.6 is 0 Å². The highest BCUT2D eigenvalue weighted by Gasteiger charge is 2.47. The van der Waals surface area contributed by atoms with E-state index in [1.807, 2.05) is 31.2 Å². The third-order valence-corrected chi connectivity index (χ3v) is 8.06. The molecule has 0 aliphatic carbocycles. The fourth-order valence-electron chi connectivity index (χ4n) is 5.75. The number of amides is 1. The van der Waals surface area contributed by atoms with Crippen LogP contribution in [0.2, 0.25) is 0 Å². The largest absolute Gasteiger partial charge is 0.381 e. The number of hydrogen-bond donors (Lipinski definition) is 2. The van der Waals surface area contributed by atoms with Gasteiger partial charge < -0.3 is 25.4 Å². The van der Waals surface area contributed by atoms with E-state index in [9.17, 15) is 4.79 Å². The van der Waals surface area contributed by atoms with Crippen LogP contribution in [0.25, 0.3) is 11.3 Å². The summed E-state index contributed by atoms with van der Waals surface area (Å²) >= 11 is 0. The fourth-order valence-corrected chi connectivity index (χ4v) is 5.75. The van der Waals surface area contributed by atoms with Gasteiger partial charge in [-0.15, -0.1) is 0 Å². The molecule has 39 heavy (non-hydrogen) atoms. The first kappa shape index (κ1) is 25.7. The zero-order chi connectivity index (χ0) is 26.8. The Morgan fingerprint density at radius 1 is 1.00 bits per heavy atom. The van der Waals surface area contributed by atoms with E-state index >= 15 is 0 Å². The van der Waals surface area contributed by atoms with E-state index in [0.717, 1.165) is 94.6 Å². The number of rotatable bonds is 7. The number of nitrogens with one attached hydrogen (secondary N) is 1. The summed E-state index contributed by atoms with van der Waals surface area (Å²) in [6.45, 7) is 8.57. The van der Waals surface area contributed by atoms with Crippen LogP contribution in [0.3, 0.4) is 0 Å². The topological polar surface area (TPSA) is 119 Å². The molecule has 1 aromatic carbocycles. The average Bonchev–Trinajstić information content (AvgIpc) is 2.94. The van der Waals surface area contributed by atoms with Crippen molar-refractivity contribution in [1.82, 2.24) is 19.9 Å². The Labute approximate surface area is 228 Å². The van der Waals surface area contributed by atoms with Crippen molar-refractivity contribution in [2.24, 2.45) is 5.73 Å². The van der Waals surface area contributed by atoms with E-state index in [-0.39, 0.29) is 11.2 Å². The molecule has 0 saturated carbocycles. The van der Waals surface area contributed by atoms with Crippen molar-refractivity contribution >= 4 is 23.2 Å². The molecule has 1 amide bonds. The van der Waals surface area contributed by atoms with Crippen molar-refractivity contribution < 1.29 is 14.3 Å². The predicted molar refractivity (Wildman–Crippen MR) is 149 cm³/mol. The molecule has 1 spiro atoms. The minimum atomic E-state index is -0.628. The van der Waals surface area contributed by atoms with E-state index < -0.39 is 5.91 Å². The predicted octanol–water partition coefficient (Wildman–Crippen LogP) is 3.28. The summed E-state index contributed by atoms with van der Waals surface area (Å²) in [6.07, 6.45) is 4.71. The van der Waals surface area contributed by atoms with Crippen molar-refractivity contribution in [1.29, 1.82) is 0 Å². The summed E-state index contributed by atoms with van der Waals surface area (Å²) < 4.78 is 11.1. The Balaban J connectivity index is 1.35. The minimum absolute atomic E-state index is 0.00357. The lowest BCUT2D eigenvalue weighted by Crippen LogP contribution is -2.63. The van der Waals surface area contributed by atoms with E-state index in [2.05, 4.69) is 32.2 Å². The molecule has 0 unspecified atom stereocenters. The van der Waals surface area contributed by atoms with Gasteiger partial charge in [0, 0.05) is 68.1 Å². The number of primary amides is 1. The van der Waals surface area contributed by atoms with Crippen LogP contribution in [0.4, 0.5) is 17.3 Å². The van der Waals surface area contributed by atoms with Gasteiger partial charge >= 0.3 is 0 Å². The first-order chi connectivity index (χ1) is 19.0. The highest BCUT2D eigenvalue weighted by molar-refractivity contribution is 5.97. The third kappa shape index (κ3) is 5.32. The molecule has 2 aromatic heterocycles. The first-order valence-corrected chi connectivity index (χ1v) is 13.7. The number of ether oxygens (including phenoxy) is 2. The van der Waals surface area contributed by atoms with Crippen molar-refractivity contribution in [2.75, 3.05) is 56.3 Å². The number of hydrogen-bond acceptors (Lipinski definition) is 9. The van der Waals surface area contributed by atoms with E-state index in [1.54, 1.807) is 6.20 Å². The molecule has 3 fully saturated rings. The quantitative estimate of drug-likeness (QED) is 0.475. The SMILES string of the molecule is Cc1cc(-c2nc(C(N)=O)c(Nc3ccc(CN4CCOCC4)cc3)nc2N2CCC23CCOCC3)ccn1. The molecule has 5 heterocycles. The molecule has 3 aliphatic heterocycles. The van der Waals surface area contributed by atoms with Gasteiger partial charge in [0.1, 0.15) is 5.69 Å². The van der Waals surface area contributed by atoms with Crippen molar-refractivity contribution in [2.45, 2.75) is 38.3 Å². The molecule has 6 rings (SSSR count). The lowest BCUT2D eigenvalue weighted by Gasteiger charge is -2.55. The van der Waals surface area contributed by atoms with Gasteiger partial charge in [0.05, 0.1) is 13.2 Å². The Morgan fingerprint density at radius 2 is 1.74 bits per heavy atom. The monoisotopic (exact) mass is 529 g/mol. The van der Waals surface area contributed by atoms with Gasteiger partial charge in [-0.2, -0.15) is 0 Å². The third-order valence-electron chi connectivity index (χ3n) is 8.06. The Morgan fingerprint density at radius 3 is 2.41 bits per heavy atom. The highest BCUT2D eigenvalue weighted by Crippen LogP contribution is 2.45. The van der Waals surface area contributed by atoms with E-state index in [0.29, 0.717) is 11.5 Å². The molecule has 10 heteroatoms. The normalized spacial score (nSPS) is 19.1. The van der Waals surface area contributed by atoms with Crippen LogP contribution in [-0.2, 0) is 16.0 Å². The maximum absolute atomic E-state index is 12.6. The van der Waals surface area contributed by atoms with Crippen LogP contribution in [0.15, 0.2) is 42.6 Å². The number of aryl methyl sites for hydroxylation is 1. The van der Waals surface area contributed by atoms with E-state index in [4.69, 9.17) is 25.2 Å². The van der Waals surface area contributed by atoms with Crippen LogP contribution in [0.5, 0.6) is 0 Å². The summed E-state index contributed by atoms with van der Waals surface area (Å²) in [5.41, 5.74) is 10.4. The number of aromatic nitrogens is 3. The molecular formula is C29H35N7O3. The number of nitrogens with zero attached hydrogens (tertiary/aromatic N) is 5. The molecule has 0 bridgehead atoms. The maximum atomic E-state index is 12.6. The van der Waals surface area contributed by atoms with Gasteiger partial charge in [0.2, 0.25) is 0 Å². The van der Waals surface area contributed by atoms with Gasteiger partial charge in [-0.1, -0.05) is 12.1 Å². The number of nitrogens with two attached hydrogens (primary N) is 1. The summed E-state index contributed by atoms with van der Waals surface area (Å²) in [6, 6.07) is 12.1. The van der Waals surface area contributed by atoms with Crippen LogP contribution in [0, 0.1) is 6.92 Å². The highest BCUT2D eigenvalue weighted by atomic mass is 16.5. The number of carbonyl (C=O) groups is 1. The smallest absolute Gasteiger partial charge is 0.271 e. The molecule has 3 saturated heterocycles. The molecule has 0 radical (unpaired) electrons. The summed E-state index contributed by atoms with van der Waals surface area (Å²) in [4.78, 5) is 31.6. The van der Waals surface area contributed by atoms with Gasteiger partial charge in [-0.3, -0.25) is 14.7 Å². The zero-order valence-electron chi connectivity index (χ0n) is 22.4. The lowest BCUT2D eigenvalue weighted by atomic mass is 9.77. The Hall–Kier alpha value is -3.60. The number of carbonyl (C=O) groups excluding carboxylic acids is 1. The Bertz CT molecular complexity index is 1340. The Kier molecular flexibility index (Phi) is 7.16.